The van der Waals surface area contributed by atoms with E-state index < -0.39 is 0 Å². The van der Waals surface area contributed by atoms with Gasteiger partial charge in [-0.2, -0.15) is 5.10 Å². The van der Waals surface area contributed by atoms with Crippen LogP contribution in [-0.2, 0) is 13.0 Å². The zero-order valence-electron chi connectivity index (χ0n) is 17.3. The first kappa shape index (κ1) is 20.6. The number of carbonyl (C=O) groups excluding carboxylic acids is 1. The van der Waals surface area contributed by atoms with Crippen molar-refractivity contribution in [3.05, 3.63) is 70.6 Å². The molecule has 0 saturated carbocycles. The van der Waals surface area contributed by atoms with Gasteiger partial charge < -0.3 is 5.32 Å². The molecule has 3 aromatic heterocycles. The molecule has 31 heavy (non-hydrogen) atoms. The van der Waals surface area contributed by atoms with Crippen LogP contribution < -0.4 is 10.6 Å². The second-order valence-corrected chi connectivity index (χ2v) is 7.84. The number of aromatic nitrogens is 4. The minimum absolute atomic E-state index is 0.297. The highest BCUT2D eigenvalue weighted by molar-refractivity contribution is 7.16. The number of pyridine rings is 1. The molecule has 0 aliphatic carbocycles. The summed E-state index contributed by atoms with van der Waals surface area (Å²) in [6.07, 6.45) is 4.28. The first-order valence-corrected chi connectivity index (χ1v) is 10.8. The van der Waals surface area contributed by atoms with Crippen LogP contribution in [0.3, 0.4) is 0 Å². The number of fused-ring (bicyclic) bond motifs is 1. The molecule has 0 aliphatic heterocycles. The fourth-order valence-electron chi connectivity index (χ4n) is 3.17. The van der Waals surface area contributed by atoms with Crippen LogP contribution in [0.1, 0.15) is 28.8 Å². The van der Waals surface area contributed by atoms with Crippen molar-refractivity contribution in [3.63, 3.8) is 0 Å². The summed E-state index contributed by atoms with van der Waals surface area (Å²) in [5.74, 6) is 6.19. The lowest BCUT2D eigenvalue weighted by molar-refractivity contribution is 0.251. The van der Waals surface area contributed by atoms with Crippen LogP contribution >= 0.6 is 11.3 Å². The summed E-state index contributed by atoms with van der Waals surface area (Å²) >= 11 is 1.36. The van der Waals surface area contributed by atoms with Gasteiger partial charge in [-0.3, -0.25) is 15.0 Å². The van der Waals surface area contributed by atoms with E-state index in [2.05, 4.69) is 56.6 Å². The van der Waals surface area contributed by atoms with E-state index in [4.69, 9.17) is 0 Å². The van der Waals surface area contributed by atoms with Crippen molar-refractivity contribution >= 4 is 33.4 Å². The van der Waals surface area contributed by atoms with Gasteiger partial charge in [-0.05, 0) is 37.5 Å². The number of anilines is 1. The smallest absolute Gasteiger partial charge is 0.321 e. The van der Waals surface area contributed by atoms with Gasteiger partial charge >= 0.3 is 6.03 Å². The molecule has 7 nitrogen and oxygen atoms in total. The summed E-state index contributed by atoms with van der Waals surface area (Å²) in [6, 6.07) is 11.6. The molecule has 0 spiro atoms. The highest BCUT2D eigenvalue weighted by atomic mass is 32.1. The molecular formula is C23H22N6OS. The van der Waals surface area contributed by atoms with Crippen LogP contribution in [0.15, 0.2) is 48.8 Å². The number of amides is 2. The first-order valence-electron chi connectivity index (χ1n) is 10.0. The molecule has 4 rings (SSSR count). The maximum Gasteiger partial charge on any atom is 0.321 e. The molecule has 0 bridgehead atoms. The van der Waals surface area contributed by atoms with Crippen molar-refractivity contribution in [2.24, 2.45) is 0 Å². The van der Waals surface area contributed by atoms with Crippen molar-refractivity contribution in [2.75, 3.05) is 11.9 Å². The SMILES string of the molecule is CCc1nn(CCNC(=O)Nc2nc(C)c(C#Cc3ccncc3)s2)c2ccccc12. The summed E-state index contributed by atoms with van der Waals surface area (Å²) in [5.41, 5.74) is 3.82. The normalized spacial score (nSPS) is 10.5. The minimum Gasteiger partial charge on any atom is -0.336 e. The number of para-hydroxylation sites is 1. The van der Waals surface area contributed by atoms with Crippen LogP contribution in [0.4, 0.5) is 9.93 Å². The highest BCUT2D eigenvalue weighted by Gasteiger charge is 2.11. The molecule has 8 heteroatoms. The topological polar surface area (TPSA) is 84.7 Å². The number of benzene rings is 1. The zero-order chi connectivity index (χ0) is 21.6. The van der Waals surface area contributed by atoms with Crippen molar-refractivity contribution in [1.82, 2.24) is 25.1 Å². The third-order valence-electron chi connectivity index (χ3n) is 4.70. The van der Waals surface area contributed by atoms with Crippen molar-refractivity contribution in [1.29, 1.82) is 0 Å². The monoisotopic (exact) mass is 430 g/mol. The molecule has 3 heterocycles. The van der Waals surface area contributed by atoms with Gasteiger partial charge in [-0.15, -0.1) is 0 Å². The lowest BCUT2D eigenvalue weighted by Gasteiger charge is -2.06. The molecule has 0 radical (unpaired) electrons. The fraction of sp³-hybridized carbons (Fsp3) is 0.217. The standard InChI is InChI=1S/C23H22N6OS/c1-3-19-18-6-4-5-7-20(18)29(28-19)15-14-25-22(30)27-23-26-16(2)21(31-23)9-8-17-10-12-24-13-11-17/h4-7,10-13H,3,14-15H2,1-2H3,(H2,25,26,27,30). The Morgan fingerprint density at radius 2 is 1.97 bits per heavy atom. The average Bonchev–Trinajstić information content (AvgIpc) is 3.32. The van der Waals surface area contributed by atoms with Gasteiger partial charge in [0.15, 0.2) is 5.13 Å². The predicted octanol–water partition coefficient (Wildman–Crippen LogP) is 3.98. The number of rotatable bonds is 5. The van der Waals surface area contributed by atoms with Crippen molar-refractivity contribution in [2.45, 2.75) is 26.8 Å². The summed E-state index contributed by atoms with van der Waals surface area (Å²) in [6.45, 7) is 5.02. The van der Waals surface area contributed by atoms with E-state index in [1.165, 1.54) is 11.3 Å². The molecule has 1 aromatic carbocycles. The number of hydrogen-bond donors (Lipinski definition) is 2. The second kappa shape index (κ2) is 9.41. The molecule has 0 atom stereocenters. The Morgan fingerprint density at radius 3 is 2.77 bits per heavy atom. The summed E-state index contributed by atoms with van der Waals surface area (Å²) < 4.78 is 1.94. The van der Waals surface area contributed by atoms with E-state index in [0.29, 0.717) is 18.2 Å². The van der Waals surface area contributed by atoms with Gasteiger partial charge in [0.05, 0.1) is 23.4 Å². The third-order valence-corrected chi connectivity index (χ3v) is 5.68. The lowest BCUT2D eigenvalue weighted by Crippen LogP contribution is -2.31. The quantitative estimate of drug-likeness (QED) is 0.469. The Morgan fingerprint density at radius 1 is 1.16 bits per heavy atom. The maximum absolute atomic E-state index is 12.3. The van der Waals surface area contributed by atoms with E-state index >= 15 is 0 Å². The molecule has 0 saturated heterocycles. The number of hydrogen-bond acceptors (Lipinski definition) is 5. The Hall–Kier alpha value is -3.70. The lowest BCUT2D eigenvalue weighted by atomic mass is 10.2. The van der Waals surface area contributed by atoms with Gasteiger partial charge in [0.25, 0.3) is 0 Å². The molecule has 0 unspecified atom stereocenters. The second-order valence-electron chi connectivity index (χ2n) is 6.84. The van der Waals surface area contributed by atoms with E-state index in [1.54, 1.807) is 12.4 Å². The molecular weight excluding hydrogens is 408 g/mol. The number of nitrogens with one attached hydrogen (secondary N) is 2. The maximum atomic E-state index is 12.3. The Labute approximate surface area is 184 Å². The first-order chi connectivity index (χ1) is 15.1. The van der Waals surface area contributed by atoms with E-state index in [9.17, 15) is 4.79 Å². The number of carbonyl (C=O) groups is 1. The molecule has 0 aliphatic rings. The number of urea groups is 1. The Kier molecular flexibility index (Phi) is 6.24. The molecule has 156 valence electrons. The van der Waals surface area contributed by atoms with Gasteiger partial charge in [0.1, 0.15) is 4.88 Å². The Bertz CT molecular complexity index is 1270. The van der Waals surface area contributed by atoms with Crippen LogP contribution in [0.25, 0.3) is 10.9 Å². The van der Waals surface area contributed by atoms with Crippen LogP contribution in [0, 0.1) is 18.8 Å². The zero-order valence-corrected chi connectivity index (χ0v) is 18.2. The van der Waals surface area contributed by atoms with Gasteiger partial charge in [0.2, 0.25) is 0 Å². The predicted molar refractivity (Wildman–Crippen MR) is 123 cm³/mol. The summed E-state index contributed by atoms with van der Waals surface area (Å²) in [5, 5.41) is 12.0. The van der Waals surface area contributed by atoms with Crippen LogP contribution in [0.5, 0.6) is 0 Å². The van der Waals surface area contributed by atoms with E-state index in [-0.39, 0.29) is 6.03 Å². The molecule has 0 fully saturated rings. The van der Waals surface area contributed by atoms with E-state index in [1.807, 2.05) is 35.9 Å². The number of nitrogens with zero attached hydrogens (tertiary/aromatic N) is 4. The summed E-state index contributed by atoms with van der Waals surface area (Å²) in [7, 11) is 0. The van der Waals surface area contributed by atoms with Gasteiger partial charge in [-0.25, -0.2) is 9.78 Å². The molecule has 4 aromatic rings. The fourth-order valence-corrected chi connectivity index (χ4v) is 3.99. The summed E-state index contributed by atoms with van der Waals surface area (Å²) in [4.78, 5) is 21.5. The van der Waals surface area contributed by atoms with Crippen molar-refractivity contribution in [3.8, 4) is 11.8 Å². The third kappa shape index (κ3) is 4.90. The Balaban J connectivity index is 1.34. The largest absolute Gasteiger partial charge is 0.336 e. The number of aryl methyl sites for hydroxylation is 2. The van der Waals surface area contributed by atoms with Gasteiger partial charge in [0, 0.05) is 29.9 Å². The van der Waals surface area contributed by atoms with Crippen LogP contribution in [0.2, 0.25) is 0 Å². The van der Waals surface area contributed by atoms with Crippen LogP contribution in [-0.4, -0.2) is 32.3 Å². The highest BCUT2D eigenvalue weighted by Crippen LogP contribution is 2.21. The van der Waals surface area contributed by atoms with E-state index in [0.717, 1.165) is 39.2 Å². The molecule has 2 N–H and O–H groups in total. The minimum atomic E-state index is -0.297. The van der Waals surface area contributed by atoms with Gasteiger partial charge in [-0.1, -0.05) is 42.4 Å². The average molecular weight is 431 g/mol. The van der Waals surface area contributed by atoms with Crippen molar-refractivity contribution < 1.29 is 4.79 Å². The molecule has 2 amide bonds. The number of thiazole rings is 1.